The molecule has 2 rings (SSSR count). The summed E-state index contributed by atoms with van der Waals surface area (Å²) in [5, 5.41) is 8.86. The summed E-state index contributed by atoms with van der Waals surface area (Å²) >= 11 is 0. The lowest BCUT2D eigenvalue weighted by atomic mass is 10.0. The maximum absolute atomic E-state index is 10.8. The van der Waals surface area contributed by atoms with Crippen molar-refractivity contribution in [1.29, 1.82) is 0 Å². The second kappa shape index (κ2) is 2.63. The van der Waals surface area contributed by atoms with Crippen molar-refractivity contribution in [3.8, 4) is 0 Å². The number of carboxylic acids is 1. The largest absolute Gasteiger partial charge is 0.481 e. The van der Waals surface area contributed by atoms with Crippen molar-refractivity contribution in [2.24, 2.45) is 0 Å². The molecular formula is C10H10O2. The molecule has 0 amide bonds. The van der Waals surface area contributed by atoms with Gasteiger partial charge in [-0.1, -0.05) is 24.3 Å². The Labute approximate surface area is 70.8 Å². The number of benzene rings is 1. The standard InChI is InChI=1S/C10H10O2/c11-10(12)9-6-5-7-3-1-2-4-8(7)9/h1-4,9H,5-6H2,(H,11,12)/t9-/m0/s1. The molecule has 0 fully saturated rings. The predicted octanol–water partition coefficient (Wildman–Crippen LogP) is 1.80. The molecule has 2 nitrogen and oxygen atoms in total. The first-order valence-electron chi connectivity index (χ1n) is 4.09. The molecule has 0 spiro atoms. The van der Waals surface area contributed by atoms with Crippen molar-refractivity contribution >= 4 is 5.97 Å². The molecular weight excluding hydrogens is 152 g/mol. The smallest absolute Gasteiger partial charge is 0.310 e. The number of carbonyl (C=O) groups is 1. The van der Waals surface area contributed by atoms with Crippen LogP contribution in [-0.2, 0) is 11.2 Å². The molecule has 1 atom stereocenters. The van der Waals surface area contributed by atoms with Gasteiger partial charge in [0.25, 0.3) is 0 Å². The van der Waals surface area contributed by atoms with Crippen LogP contribution in [0.15, 0.2) is 24.3 Å². The molecule has 0 aliphatic heterocycles. The molecule has 0 radical (unpaired) electrons. The van der Waals surface area contributed by atoms with Gasteiger partial charge in [-0.15, -0.1) is 0 Å². The first kappa shape index (κ1) is 7.35. The SMILES string of the molecule is O=C(O)[C@H]1CCc2ccccc21. The van der Waals surface area contributed by atoms with Gasteiger partial charge >= 0.3 is 5.97 Å². The first-order chi connectivity index (χ1) is 5.79. The zero-order valence-electron chi connectivity index (χ0n) is 6.66. The molecule has 62 valence electrons. The zero-order chi connectivity index (χ0) is 8.55. The van der Waals surface area contributed by atoms with Crippen LogP contribution in [0.5, 0.6) is 0 Å². The van der Waals surface area contributed by atoms with E-state index in [2.05, 4.69) is 0 Å². The molecule has 0 unspecified atom stereocenters. The molecule has 0 bridgehead atoms. The maximum atomic E-state index is 10.8. The fourth-order valence-corrected chi connectivity index (χ4v) is 1.81. The number of rotatable bonds is 1. The van der Waals surface area contributed by atoms with Crippen molar-refractivity contribution in [1.82, 2.24) is 0 Å². The van der Waals surface area contributed by atoms with E-state index in [1.54, 1.807) is 0 Å². The van der Waals surface area contributed by atoms with E-state index < -0.39 is 5.97 Å². The summed E-state index contributed by atoms with van der Waals surface area (Å²) in [6.45, 7) is 0. The lowest BCUT2D eigenvalue weighted by Crippen LogP contribution is -2.07. The van der Waals surface area contributed by atoms with Crippen LogP contribution in [0.4, 0.5) is 0 Å². The fraction of sp³-hybridized carbons (Fsp3) is 0.300. The molecule has 1 aliphatic rings. The molecule has 1 N–H and O–H groups in total. The van der Waals surface area contributed by atoms with Gasteiger partial charge in [0.15, 0.2) is 0 Å². The summed E-state index contributed by atoms with van der Waals surface area (Å²) in [5.74, 6) is -0.957. The lowest BCUT2D eigenvalue weighted by molar-refractivity contribution is -0.138. The summed E-state index contributed by atoms with van der Waals surface area (Å²) in [5.41, 5.74) is 2.20. The fourth-order valence-electron chi connectivity index (χ4n) is 1.81. The molecule has 1 aromatic rings. The molecule has 1 aromatic carbocycles. The van der Waals surface area contributed by atoms with Gasteiger partial charge in [0.05, 0.1) is 5.92 Å². The molecule has 12 heavy (non-hydrogen) atoms. The van der Waals surface area contributed by atoms with Gasteiger partial charge in [-0.25, -0.2) is 0 Å². The van der Waals surface area contributed by atoms with E-state index in [9.17, 15) is 4.79 Å². The predicted molar refractivity (Wildman–Crippen MR) is 45.1 cm³/mol. The number of carboxylic acid groups (broad SMARTS) is 1. The van der Waals surface area contributed by atoms with Crippen LogP contribution in [0, 0.1) is 0 Å². The highest BCUT2D eigenvalue weighted by atomic mass is 16.4. The topological polar surface area (TPSA) is 37.3 Å². The van der Waals surface area contributed by atoms with Gasteiger partial charge < -0.3 is 5.11 Å². The van der Waals surface area contributed by atoms with Gasteiger partial charge in [0.1, 0.15) is 0 Å². The summed E-state index contributed by atoms with van der Waals surface area (Å²) in [7, 11) is 0. The van der Waals surface area contributed by atoms with E-state index in [0.717, 1.165) is 18.4 Å². The van der Waals surface area contributed by atoms with Gasteiger partial charge in [0.2, 0.25) is 0 Å². The van der Waals surface area contributed by atoms with Crippen LogP contribution < -0.4 is 0 Å². The van der Waals surface area contributed by atoms with E-state index in [0.29, 0.717) is 0 Å². The van der Waals surface area contributed by atoms with Crippen molar-refractivity contribution in [2.75, 3.05) is 0 Å². The number of hydrogen-bond acceptors (Lipinski definition) is 1. The Balaban J connectivity index is 2.42. The second-order valence-corrected chi connectivity index (χ2v) is 3.13. The Morgan fingerprint density at radius 3 is 2.92 bits per heavy atom. The minimum atomic E-state index is -0.694. The lowest BCUT2D eigenvalue weighted by Gasteiger charge is -2.03. The normalized spacial score (nSPS) is 20.5. The van der Waals surface area contributed by atoms with E-state index in [1.165, 1.54) is 5.56 Å². The molecule has 0 saturated heterocycles. The van der Waals surface area contributed by atoms with Crippen molar-refractivity contribution in [2.45, 2.75) is 18.8 Å². The van der Waals surface area contributed by atoms with Crippen molar-refractivity contribution in [3.63, 3.8) is 0 Å². The quantitative estimate of drug-likeness (QED) is 0.683. The Kier molecular flexibility index (Phi) is 1.61. The van der Waals surface area contributed by atoms with E-state index in [4.69, 9.17) is 5.11 Å². The average molecular weight is 162 g/mol. The Hall–Kier alpha value is -1.31. The third kappa shape index (κ3) is 0.998. The Morgan fingerprint density at radius 1 is 1.42 bits per heavy atom. The third-order valence-electron chi connectivity index (χ3n) is 2.43. The number of aliphatic carboxylic acids is 1. The summed E-state index contributed by atoms with van der Waals surface area (Å²) in [4.78, 5) is 10.8. The van der Waals surface area contributed by atoms with Gasteiger partial charge in [0, 0.05) is 0 Å². The summed E-state index contributed by atoms with van der Waals surface area (Å²) in [6, 6.07) is 7.79. The Bertz CT molecular complexity index is 317. The van der Waals surface area contributed by atoms with E-state index in [1.807, 2.05) is 24.3 Å². The van der Waals surface area contributed by atoms with Crippen LogP contribution in [0.1, 0.15) is 23.5 Å². The minimum absolute atomic E-state index is 0.263. The maximum Gasteiger partial charge on any atom is 0.310 e. The van der Waals surface area contributed by atoms with Crippen molar-refractivity contribution < 1.29 is 9.90 Å². The third-order valence-corrected chi connectivity index (χ3v) is 2.43. The van der Waals surface area contributed by atoms with Crippen LogP contribution in [0.2, 0.25) is 0 Å². The van der Waals surface area contributed by atoms with Crippen LogP contribution >= 0.6 is 0 Å². The van der Waals surface area contributed by atoms with Gasteiger partial charge in [-0.05, 0) is 24.0 Å². The first-order valence-corrected chi connectivity index (χ1v) is 4.09. The minimum Gasteiger partial charge on any atom is -0.481 e. The summed E-state index contributed by atoms with van der Waals surface area (Å²) < 4.78 is 0. The van der Waals surface area contributed by atoms with Crippen LogP contribution in [0.25, 0.3) is 0 Å². The number of aryl methyl sites for hydroxylation is 1. The molecule has 0 saturated carbocycles. The zero-order valence-corrected chi connectivity index (χ0v) is 6.66. The highest BCUT2D eigenvalue weighted by Gasteiger charge is 2.27. The second-order valence-electron chi connectivity index (χ2n) is 3.13. The van der Waals surface area contributed by atoms with Gasteiger partial charge in [-0.3, -0.25) is 4.79 Å². The highest BCUT2D eigenvalue weighted by molar-refractivity contribution is 5.77. The highest BCUT2D eigenvalue weighted by Crippen LogP contribution is 2.32. The molecule has 1 aliphatic carbocycles. The number of hydrogen-bond donors (Lipinski definition) is 1. The summed E-state index contributed by atoms with van der Waals surface area (Å²) in [6.07, 6.45) is 1.67. The molecule has 2 heteroatoms. The Morgan fingerprint density at radius 2 is 2.17 bits per heavy atom. The van der Waals surface area contributed by atoms with Crippen molar-refractivity contribution in [3.05, 3.63) is 35.4 Å². The van der Waals surface area contributed by atoms with Gasteiger partial charge in [-0.2, -0.15) is 0 Å². The van der Waals surface area contributed by atoms with E-state index in [-0.39, 0.29) is 5.92 Å². The average Bonchev–Trinajstić information content (AvgIpc) is 2.47. The molecule has 0 aromatic heterocycles. The molecule has 0 heterocycles. The van der Waals surface area contributed by atoms with E-state index >= 15 is 0 Å². The number of fused-ring (bicyclic) bond motifs is 1. The monoisotopic (exact) mass is 162 g/mol. The van der Waals surface area contributed by atoms with Crippen LogP contribution in [0.3, 0.4) is 0 Å². The van der Waals surface area contributed by atoms with Crippen LogP contribution in [-0.4, -0.2) is 11.1 Å².